The number of carbonyl (C=O) groups is 1. The smallest absolute Gasteiger partial charge is 0.250 e. The van der Waals surface area contributed by atoms with Crippen LogP contribution in [0.3, 0.4) is 0 Å². The number of anilines is 1. The van der Waals surface area contributed by atoms with E-state index in [9.17, 15) is 9.18 Å². The van der Waals surface area contributed by atoms with Gasteiger partial charge in [-0.2, -0.15) is 0 Å². The Morgan fingerprint density at radius 2 is 2.28 bits per heavy atom. The fourth-order valence-electron chi connectivity index (χ4n) is 1.28. The molecule has 0 saturated heterocycles. The molecule has 18 heavy (non-hydrogen) atoms. The van der Waals surface area contributed by atoms with Gasteiger partial charge in [-0.05, 0) is 30.7 Å². The van der Waals surface area contributed by atoms with Crippen LogP contribution in [0.5, 0.6) is 0 Å². The van der Waals surface area contributed by atoms with Crippen LogP contribution in [0, 0.1) is 12.7 Å². The third-order valence-electron chi connectivity index (χ3n) is 2.03. The highest BCUT2D eigenvalue weighted by molar-refractivity contribution is 7.15. The molecule has 1 heterocycles. The molecule has 0 aliphatic carbocycles. The van der Waals surface area contributed by atoms with Crippen LogP contribution in [0.4, 0.5) is 9.52 Å². The zero-order valence-corrected chi connectivity index (χ0v) is 10.4. The minimum atomic E-state index is -0.336. The van der Waals surface area contributed by atoms with Crippen molar-refractivity contribution in [3.8, 4) is 0 Å². The molecule has 0 unspecified atom stereocenters. The Hall–Kier alpha value is -2.08. The Morgan fingerprint density at radius 1 is 1.44 bits per heavy atom. The summed E-state index contributed by atoms with van der Waals surface area (Å²) in [5, 5.41) is 11.3. The van der Waals surface area contributed by atoms with E-state index in [1.807, 2.05) is 0 Å². The summed E-state index contributed by atoms with van der Waals surface area (Å²) in [6.45, 7) is 1.80. The first-order chi connectivity index (χ1) is 8.63. The normalized spacial score (nSPS) is 10.8. The molecule has 6 heteroatoms. The van der Waals surface area contributed by atoms with Crippen molar-refractivity contribution < 1.29 is 9.18 Å². The number of aromatic nitrogens is 2. The minimum Gasteiger partial charge on any atom is -0.297 e. The van der Waals surface area contributed by atoms with Gasteiger partial charge in [0.25, 0.3) is 0 Å². The average molecular weight is 263 g/mol. The van der Waals surface area contributed by atoms with Gasteiger partial charge in [-0.3, -0.25) is 10.1 Å². The fraction of sp³-hybridized carbons (Fsp3) is 0.0833. The van der Waals surface area contributed by atoms with Gasteiger partial charge >= 0.3 is 0 Å². The molecule has 0 bridgehead atoms. The lowest BCUT2D eigenvalue weighted by Crippen LogP contribution is -2.07. The Labute approximate surface area is 107 Å². The van der Waals surface area contributed by atoms with Crippen molar-refractivity contribution in [1.82, 2.24) is 10.2 Å². The Bertz CT molecular complexity index is 595. The number of hydrogen-bond donors (Lipinski definition) is 1. The van der Waals surface area contributed by atoms with Gasteiger partial charge in [-0.1, -0.05) is 23.5 Å². The van der Waals surface area contributed by atoms with Crippen LogP contribution in [-0.4, -0.2) is 16.1 Å². The Balaban J connectivity index is 1.99. The monoisotopic (exact) mass is 263 g/mol. The van der Waals surface area contributed by atoms with Crippen molar-refractivity contribution in [2.75, 3.05) is 5.32 Å². The van der Waals surface area contributed by atoms with Crippen LogP contribution in [0.15, 0.2) is 30.3 Å². The number of hydrogen-bond acceptors (Lipinski definition) is 4. The maximum atomic E-state index is 12.9. The van der Waals surface area contributed by atoms with Gasteiger partial charge in [0.05, 0.1) is 0 Å². The highest BCUT2D eigenvalue weighted by atomic mass is 32.1. The molecule has 92 valence electrons. The van der Waals surface area contributed by atoms with Crippen molar-refractivity contribution in [3.63, 3.8) is 0 Å². The topological polar surface area (TPSA) is 54.9 Å². The molecule has 1 amide bonds. The molecule has 0 atom stereocenters. The number of nitrogens with zero attached hydrogens (tertiary/aromatic N) is 2. The number of aryl methyl sites for hydroxylation is 1. The van der Waals surface area contributed by atoms with E-state index in [1.54, 1.807) is 19.1 Å². The molecule has 1 aromatic heterocycles. The van der Waals surface area contributed by atoms with Gasteiger partial charge in [0.15, 0.2) is 0 Å². The first kappa shape index (κ1) is 12.4. The van der Waals surface area contributed by atoms with Gasteiger partial charge in [-0.15, -0.1) is 10.2 Å². The molecule has 0 fully saturated rings. The highest BCUT2D eigenvalue weighted by Crippen LogP contribution is 2.13. The predicted molar refractivity (Wildman–Crippen MR) is 68.7 cm³/mol. The molecule has 2 rings (SSSR count). The third-order valence-corrected chi connectivity index (χ3v) is 2.79. The van der Waals surface area contributed by atoms with Crippen molar-refractivity contribution in [2.24, 2.45) is 0 Å². The lowest BCUT2D eigenvalue weighted by Gasteiger charge is -1.95. The molecule has 0 aliphatic heterocycles. The number of carbonyl (C=O) groups excluding carboxylic acids is 1. The lowest BCUT2D eigenvalue weighted by molar-refractivity contribution is -0.111. The number of benzene rings is 1. The van der Waals surface area contributed by atoms with E-state index in [4.69, 9.17) is 0 Å². The quantitative estimate of drug-likeness (QED) is 0.866. The maximum absolute atomic E-state index is 12.9. The van der Waals surface area contributed by atoms with E-state index in [0.29, 0.717) is 10.7 Å². The minimum absolute atomic E-state index is 0.324. The van der Waals surface area contributed by atoms with Crippen molar-refractivity contribution in [1.29, 1.82) is 0 Å². The summed E-state index contributed by atoms with van der Waals surface area (Å²) in [5.41, 5.74) is 0.624. The zero-order chi connectivity index (χ0) is 13.0. The summed E-state index contributed by atoms with van der Waals surface area (Å²) in [5.74, 6) is -0.660. The van der Waals surface area contributed by atoms with E-state index in [-0.39, 0.29) is 11.7 Å². The standard InChI is InChI=1S/C12H10FN3OS/c1-8-15-16-12(18-8)14-11(17)6-5-9-3-2-4-10(13)7-9/h2-7H,1H3,(H,14,16,17)/b6-5+. The molecular weight excluding hydrogens is 253 g/mol. The zero-order valence-electron chi connectivity index (χ0n) is 9.55. The van der Waals surface area contributed by atoms with Gasteiger partial charge < -0.3 is 0 Å². The van der Waals surface area contributed by atoms with Crippen LogP contribution in [0.2, 0.25) is 0 Å². The molecule has 2 aromatic rings. The second kappa shape index (κ2) is 5.50. The maximum Gasteiger partial charge on any atom is 0.250 e. The summed E-state index contributed by atoms with van der Waals surface area (Å²) >= 11 is 1.29. The molecular formula is C12H10FN3OS. The molecule has 0 aliphatic rings. The molecule has 0 spiro atoms. The molecule has 4 nitrogen and oxygen atoms in total. The van der Waals surface area contributed by atoms with Gasteiger partial charge in [0.2, 0.25) is 11.0 Å². The first-order valence-corrected chi connectivity index (χ1v) is 6.00. The summed E-state index contributed by atoms with van der Waals surface area (Å²) in [4.78, 5) is 11.5. The molecule has 1 N–H and O–H groups in total. The summed E-state index contributed by atoms with van der Waals surface area (Å²) in [7, 11) is 0. The number of rotatable bonds is 3. The third kappa shape index (κ3) is 3.46. The second-order valence-corrected chi connectivity index (χ2v) is 4.69. The van der Waals surface area contributed by atoms with E-state index in [2.05, 4.69) is 15.5 Å². The number of halogens is 1. The average Bonchev–Trinajstić information content (AvgIpc) is 2.72. The van der Waals surface area contributed by atoms with Crippen LogP contribution in [0.25, 0.3) is 6.08 Å². The summed E-state index contributed by atoms with van der Waals surface area (Å²) in [6, 6.07) is 5.99. The van der Waals surface area contributed by atoms with Crippen molar-refractivity contribution in [3.05, 3.63) is 46.7 Å². The van der Waals surface area contributed by atoms with E-state index in [0.717, 1.165) is 5.01 Å². The lowest BCUT2D eigenvalue weighted by atomic mass is 10.2. The first-order valence-electron chi connectivity index (χ1n) is 5.18. The van der Waals surface area contributed by atoms with Crippen molar-refractivity contribution >= 4 is 28.5 Å². The van der Waals surface area contributed by atoms with E-state index in [1.165, 1.54) is 35.6 Å². The van der Waals surface area contributed by atoms with Crippen LogP contribution < -0.4 is 5.32 Å². The van der Waals surface area contributed by atoms with Crippen LogP contribution in [0.1, 0.15) is 10.6 Å². The van der Waals surface area contributed by atoms with Gasteiger partial charge in [0.1, 0.15) is 10.8 Å². The SMILES string of the molecule is Cc1nnc(NC(=O)/C=C/c2cccc(F)c2)s1. The van der Waals surface area contributed by atoms with E-state index < -0.39 is 0 Å². The fourth-order valence-corrected chi connectivity index (χ4v) is 1.87. The highest BCUT2D eigenvalue weighted by Gasteiger charge is 2.02. The molecule has 0 saturated carbocycles. The summed E-state index contributed by atoms with van der Waals surface area (Å²) in [6.07, 6.45) is 2.86. The number of amides is 1. The Morgan fingerprint density at radius 3 is 2.94 bits per heavy atom. The second-order valence-electron chi connectivity index (χ2n) is 3.50. The summed E-state index contributed by atoms with van der Waals surface area (Å²) < 4.78 is 12.9. The van der Waals surface area contributed by atoms with Crippen molar-refractivity contribution in [2.45, 2.75) is 6.92 Å². The largest absolute Gasteiger partial charge is 0.297 e. The van der Waals surface area contributed by atoms with Crippen LogP contribution in [-0.2, 0) is 4.79 Å². The Kier molecular flexibility index (Phi) is 3.78. The number of nitrogens with one attached hydrogen (secondary N) is 1. The van der Waals surface area contributed by atoms with Crippen LogP contribution >= 0.6 is 11.3 Å². The molecule has 1 aromatic carbocycles. The van der Waals surface area contributed by atoms with Gasteiger partial charge in [-0.25, -0.2) is 4.39 Å². The predicted octanol–water partition coefficient (Wildman–Crippen LogP) is 2.64. The van der Waals surface area contributed by atoms with E-state index >= 15 is 0 Å². The van der Waals surface area contributed by atoms with Gasteiger partial charge in [0, 0.05) is 6.08 Å². The molecule has 0 radical (unpaired) electrons.